The minimum Gasteiger partial charge on any atom is -0.398 e. The third kappa shape index (κ3) is 2.44. The molecule has 3 nitrogen and oxygen atoms in total. The second kappa shape index (κ2) is 4.25. The van der Waals surface area contributed by atoms with E-state index >= 15 is 0 Å². The Balaban J connectivity index is 2.91. The molecule has 1 aromatic rings. The van der Waals surface area contributed by atoms with Crippen LogP contribution < -0.4 is 11.5 Å². The molecule has 1 unspecified atom stereocenters. The Labute approximate surface area is 78.4 Å². The van der Waals surface area contributed by atoms with Crippen LogP contribution in [0.4, 0.5) is 5.69 Å². The lowest BCUT2D eigenvalue weighted by Crippen LogP contribution is -2.08. The van der Waals surface area contributed by atoms with Crippen molar-refractivity contribution in [3.05, 3.63) is 29.3 Å². The first-order chi connectivity index (χ1) is 6.15. The van der Waals surface area contributed by atoms with Gasteiger partial charge in [0, 0.05) is 11.3 Å². The summed E-state index contributed by atoms with van der Waals surface area (Å²) in [7, 11) is 0. The van der Waals surface area contributed by atoms with Crippen molar-refractivity contribution in [1.29, 1.82) is 0 Å². The molecule has 0 radical (unpaired) electrons. The van der Waals surface area contributed by atoms with E-state index in [1.54, 1.807) is 0 Å². The summed E-state index contributed by atoms with van der Waals surface area (Å²) in [6.07, 6.45) is 0.0121. The number of rotatable bonds is 3. The maximum Gasteiger partial charge on any atom is 0.0822 e. The molecule has 5 N–H and O–H groups in total. The Hall–Kier alpha value is -1.06. The summed E-state index contributed by atoms with van der Waals surface area (Å²) in [6.45, 7) is 2.44. The summed E-state index contributed by atoms with van der Waals surface area (Å²) in [4.78, 5) is 0. The van der Waals surface area contributed by atoms with Crippen LogP contribution in [-0.4, -0.2) is 11.7 Å². The number of hydrogen-bond acceptors (Lipinski definition) is 3. The van der Waals surface area contributed by atoms with Crippen LogP contribution in [0.15, 0.2) is 18.2 Å². The number of hydrogen-bond donors (Lipinski definition) is 3. The molecule has 13 heavy (non-hydrogen) atoms. The lowest BCUT2D eigenvalue weighted by Gasteiger charge is -2.12. The molecule has 0 aliphatic heterocycles. The molecule has 3 heteroatoms. The largest absolute Gasteiger partial charge is 0.398 e. The van der Waals surface area contributed by atoms with Gasteiger partial charge >= 0.3 is 0 Å². The van der Waals surface area contributed by atoms with E-state index in [-0.39, 0.29) is 0 Å². The molecule has 0 saturated heterocycles. The van der Waals surface area contributed by atoms with Gasteiger partial charge in [0.1, 0.15) is 0 Å². The Kier molecular flexibility index (Phi) is 3.28. The molecule has 0 saturated carbocycles. The zero-order chi connectivity index (χ0) is 9.84. The molecule has 1 atom stereocenters. The van der Waals surface area contributed by atoms with Crippen molar-refractivity contribution < 1.29 is 5.11 Å². The fourth-order valence-corrected chi connectivity index (χ4v) is 1.30. The third-order valence-electron chi connectivity index (χ3n) is 2.04. The molecule has 1 aromatic carbocycles. The molecule has 0 aliphatic carbocycles. The van der Waals surface area contributed by atoms with E-state index in [4.69, 9.17) is 11.5 Å². The number of aliphatic hydroxyl groups excluding tert-OH is 1. The third-order valence-corrected chi connectivity index (χ3v) is 2.04. The summed E-state index contributed by atoms with van der Waals surface area (Å²) in [6, 6.07) is 5.63. The molecule has 0 aromatic heterocycles. The molecule has 0 heterocycles. The number of benzene rings is 1. The maximum atomic E-state index is 9.67. The van der Waals surface area contributed by atoms with Gasteiger partial charge in [0.25, 0.3) is 0 Å². The van der Waals surface area contributed by atoms with Crippen molar-refractivity contribution in [3.63, 3.8) is 0 Å². The Morgan fingerprint density at radius 1 is 1.46 bits per heavy atom. The van der Waals surface area contributed by atoms with Gasteiger partial charge in [-0.25, -0.2) is 0 Å². The summed E-state index contributed by atoms with van der Waals surface area (Å²) in [5, 5.41) is 9.67. The van der Waals surface area contributed by atoms with E-state index in [0.717, 1.165) is 11.1 Å². The van der Waals surface area contributed by atoms with Crippen molar-refractivity contribution in [1.82, 2.24) is 0 Å². The average molecular weight is 180 g/mol. The predicted molar refractivity (Wildman–Crippen MR) is 54.2 cm³/mol. The van der Waals surface area contributed by atoms with Gasteiger partial charge in [0.2, 0.25) is 0 Å². The van der Waals surface area contributed by atoms with Crippen LogP contribution in [0.25, 0.3) is 0 Å². The van der Waals surface area contributed by atoms with Crippen molar-refractivity contribution in [2.24, 2.45) is 5.73 Å². The van der Waals surface area contributed by atoms with Gasteiger partial charge in [-0.05, 0) is 26.0 Å². The first-order valence-corrected chi connectivity index (χ1v) is 4.39. The van der Waals surface area contributed by atoms with Gasteiger partial charge in [-0.15, -0.1) is 0 Å². The molecule has 0 spiro atoms. The molecule has 0 aliphatic rings. The van der Waals surface area contributed by atoms with Crippen molar-refractivity contribution in [3.8, 4) is 0 Å². The normalized spacial score (nSPS) is 12.8. The first kappa shape index (κ1) is 10.0. The van der Waals surface area contributed by atoms with Crippen molar-refractivity contribution in [2.45, 2.75) is 19.4 Å². The Bertz CT molecular complexity index is 286. The molecule has 1 rings (SSSR count). The highest BCUT2D eigenvalue weighted by molar-refractivity contribution is 5.49. The van der Waals surface area contributed by atoms with Crippen molar-refractivity contribution >= 4 is 5.69 Å². The van der Waals surface area contributed by atoms with Crippen molar-refractivity contribution in [2.75, 3.05) is 12.3 Å². The first-order valence-electron chi connectivity index (χ1n) is 4.39. The summed E-state index contributed by atoms with van der Waals surface area (Å²) >= 11 is 0. The fraction of sp³-hybridized carbons (Fsp3) is 0.400. The van der Waals surface area contributed by atoms with E-state index < -0.39 is 6.10 Å². The number of nitrogen functional groups attached to an aromatic ring is 1. The standard InChI is InChI=1S/C10H16N2O/c1-7-2-3-9(12)8(6-7)10(13)4-5-11/h2-3,6,10,13H,4-5,11-12H2,1H3. The van der Waals surface area contributed by atoms with E-state index in [9.17, 15) is 5.11 Å². The second-order valence-electron chi connectivity index (χ2n) is 3.23. The van der Waals surface area contributed by atoms with E-state index in [0.29, 0.717) is 18.7 Å². The van der Waals surface area contributed by atoms with Crippen LogP contribution in [-0.2, 0) is 0 Å². The number of anilines is 1. The quantitative estimate of drug-likeness (QED) is 0.607. The highest BCUT2D eigenvalue weighted by Crippen LogP contribution is 2.23. The highest BCUT2D eigenvalue weighted by Gasteiger charge is 2.09. The zero-order valence-electron chi connectivity index (χ0n) is 7.83. The van der Waals surface area contributed by atoms with Gasteiger partial charge in [-0.3, -0.25) is 0 Å². The topological polar surface area (TPSA) is 72.3 Å². The van der Waals surface area contributed by atoms with Crippen LogP contribution in [0.3, 0.4) is 0 Å². The highest BCUT2D eigenvalue weighted by atomic mass is 16.3. The molecular weight excluding hydrogens is 164 g/mol. The minimum atomic E-state index is -0.537. The molecule has 0 bridgehead atoms. The SMILES string of the molecule is Cc1ccc(N)c(C(O)CCN)c1. The van der Waals surface area contributed by atoms with Crippen LogP contribution in [0.2, 0.25) is 0 Å². The van der Waals surface area contributed by atoms with Crippen LogP contribution in [0.1, 0.15) is 23.7 Å². The predicted octanol–water partition coefficient (Wildman–Crippen LogP) is 0.959. The van der Waals surface area contributed by atoms with Gasteiger partial charge < -0.3 is 16.6 Å². The molecule has 0 amide bonds. The van der Waals surface area contributed by atoms with E-state index in [1.807, 2.05) is 25.1 Å². The smallest absolute Gasteiger partial charge is 0.0822 e. The summed E-state index contributed by atoms with van der Waals surface area (Å²) in [5.74, 6) is 0. The number of aliphatic hydroxyl groups is 1. The monoisotopic (exact) mass is 180 g/mol. The van der Waals surface area contributed by atoms with Gasteiger partial charge in [-0.2, -0.15) is 0 Å². The fourth-order valence-electron chi connectivity index (χ4n) is 1.30. The summed E-state index contributed by atoms with van der Waals surface area (Å²) < 4.78 is 0. The van der Waals surface area contributed by atoms with E-state index in [2.05, 4.69) is 0 Å². The van der Waals surface area contributed by atoms with Gasteiger partial charge in [-0.1, -0.05) is 17.7 Å². The van der Waals surface area contributed by atoms with Crippen LogP contribution >= 0.6 is 0 Å². The Morgan fingerprint density at radius 3 is 2.77 bits per heavy atom. The maximum absolute atomic E-state index is 9.67. The number of aryl methyl sites for hydroxylation is 1. The van der Waals surface area contributed by atoms with Crippen LogP contribution in [0.5, 0.6) is 0 Å². The zero-order valence-corrected chi connectivity index (χ0v) is 7.83. The van der Waals surface area contributed by atoms with Gasteiger partial charge in [0.05, 0.1) is 6.10 Å². The lowest BCUT2D eigenvalue weighted by molar-refractivity contribution is 0.171. The number of nitrogens with two attached hydrogens (primary N) is 2. The second-order valence-corrected chi connectivity index (χ2v) is 3.23. The lowest BCUT2D eigenvalue weighted by atomic mass is 10.0. The molecular formula is C10H16N2O. The Morgan fingerprint density at radius 2 is 2.15 bits per heavy atom. The summed E-state index contributed by atoms with van der Waals surface area (Å²) in [5.41, 5.74) is 13.6. The molecule has 0 fully saturated rings. The minimum absolute atomic E-state index is 0.467. The van der Waals surface area contributed by atoms with Crippen LogP contribution in [0, 0.1) is 6.92 Å². The molecule has 72 valence electrons. The average Bonchev–Trinajstić information content (AvgIpc) is 2.09. The van der Waals surface area contributed by atoms with E-state index in [1.165, 1.54) is 0 Å². The van der Waals surface area contributed by atoms with Gasteiger partial charge in [0.15, 0.2) is 0 Å².